The lowest BCUT2D eigenvalue weighted by molar-refractivity contribution is -0.144. The third kappa shape index (κ3) is 29.4. The molecule has 0 spiro atoms. The number of aliphatic carboxylic acids is 5. The van der Waals surface area contributed by atoms with Crippen LogP contribution in [-0.2, 0) is 43.2 Å². The zero-order chi connectivity index (χ0) is 43.9. The van der Waals surface area contributed by atoms with Crippen molar-refractivity contribution in [3.8, 4) is 0 Å². The Hall–Kier alpha value is -4.85. The van der Waals surface area contributed by atoms with E-state index in [1.165, 1.54) is 19.3 Å². The second-order valence-electron chi connectivity index (χ2n) is 14.5. The Morgan fingerprint density at radius 1 is 0.379 bits per heavy atom. The van der Waals surface area contributed by atoms with Crippen LogP contribution in [-0.4, -0.2) is 115 Å². The highest BCUT2D eigenvalue weighted by Gasteiger charge is 2.27. The van der Waals surface area contributed by atoms with Crippen molar-refractivity contribution in [1.29, 1.82) is 0 Å². The van der Waals surface area contributed by atoms with Crippen molar-refractivity contribution < 1.29 is 73.8 Å². The van der Waals surface area contributed by atoms with Crippen LogP contribution in [0.1, 0.15) is 154 Å². The number of carboxylic acids is 5. The van der Waals surface area contributed by atoms with E-state index < -0.39 is 103 Å². The molecule has 4 amide bonds. The van der Waals surface area contributed by atoms with Crippen LogP contribution in [0.4, 0.5) is 0 Å². The van der Waals surface area contributed by atoms with Crippen molar-refractivity contribution in [2.24, 2.45) is 5.73 Å². The number of hydrogen-bond acceptors (Lipinski definition) is 11. The van der Waals surface area contributed by atoms with E-state index in [4.69, 9.17) is 10.8 Å². The summed E-state index contributed by atoms with van der Waals surface area (Å²) in [7, 11) is 0. The minimum absolute atomic E-state index is 0.110. The van der Waals surface area contributed by atoms with Crippen molar-refractivity contribution in [1.82, 2.24) is 21.3 Å². The van der Waals surface area contributed by atoms with Gasteiger partial charge < -0.3 is 52.3 Å². The molecule has 58 heavy (non-hydrogen) atoms. The number of amides is 4. The zero-order valence-corrected chi connectivity index (χ0v) is 33.3. The predicted octanol–water partition coefficient (Wildman–Crippen LogP) is 1.99. The van der Waals surface area contributed by atoms with Gasteiger partial charge in [0.25, 0.3) is 0 Å². The molecular weight excluding hydrogens is 766 g/mol. The summed E-state index contributed by atoms with van der Waals surface area (Å²) in [6.07, 6.45) is 10.0. The summed E-state index contributed by atoms with van der Waals surface area (Å²) in [6, 6.07) is -5.88. The molecule has 0 heterocycles. The van der Waals surface area contributed by atoms with Crippen molar-refractivity contribution in [3.63, 3.8) is 0 Å². The normalized spacial score (nSPS) is 13.6. The first-order valence-electron chi connectivity index (χ1n) is 20.2. The number of carboxylic acid groups (broad SMARTS) is 5. The van der Waals surface area contributed by atoms with E-state index in [2.05, 4.69) is 21.3 Å². The van der Waals surface area contributed by atoms with E-state index in [-0.39, 0.29) is 44.9 Å². The van der Waals surface area contributed by atoms with Crippen LogP contribution < -0.4 is 27.0 Å². The fourth-order valence-corrected chi connectivity index (χ4v) is 6.01. The van der Waals surface area contributed by atoms with E-state index in [1.807, 2.05) is 0 Å². The second-order valence-corrected chi connectivity index (χ2v) is 14.5. The van der Waals surface area contributed by atoms with Gasteiger partial charge in [-0.2, -0.15) is 0 Å². The summed E-state index contributed by atoms with van der Waals surface area (Å²) in [5, 5.41) is 65.7. The highest BCUT2D eigenvalue weighted by Crippen LogP contribution is 2.14. The molecule has 5 atom stereocenters. The molecule has 20 heteroatoms. The Balaban J connectivity index is 4.46. The summed E-state index contributed by atoms with van der Waals surface area (Å²) < 4.78 is 0. The lowest BCUT2D eigenvalue weighted by Crippen LogP contribution is -2.46. The van der Waals surface area contributed by atoms with E-state index in [9.17, 15) is 68.7 Å². The highest BCUT2D eigenvalue weighted by molar-refractivity contribution is 5.87. The molecule has 0 rings (SSSR count). The number of hydrogen-bond donors (Lipinski definition) is 11. The Labute approximate surface area is 338 Å². The van der Waals surface area contributed by atoms with Gasteiger partial charge in [-0.3, -0.25) is 34.1 Å². The summed E-state index contributed by atoms with van der Waals surface area (Å²) in [5.74, 6) is -9.47. The van der Waals surface area contributed by atoms with Crippen molar-refractivity contribution in [3.05, 3.63) is 0 Å². The number of nitrogens with two attached hydrogens (primary N) is 1. The van der Waals surface area contributed by atoms with Gasteiger partial charge in [-0.15, -0.1) is 0 Å². The van der Waals surface area contributed by atoms with Gasteiger partial charge in [-0.05, 0) is 44.9 Å². The molecule has 20 nitrogen and oxygen atoms in total. The third-order valence-electron chi connectivity index (χ3n) is 9.36. The van der Waals surface area contributed by atoms with E-state index in [0.29, 0.717) is 6.42 Å². The van der Waals surface area contributed by atoms with E-state index in [1.54, 1.807) is 0 Å². The first-order chi connectivity index (χ1) is 27.4. The molecule has 0 saturated heterocycles. The predicted molar refractivity (Wildman–Crippen MR) is 207 cm³/mol. The van der Waals surface area contributed by atoms with Gasteiger partial charge in [-0.25, -0.2) is 14.4 Å². The topological polar surface area (TPSA) is 349 Å². The summed E-state index contributed by atoms with van der Waals surface area (Å²) >= 11 is 0. The van der Waals surface area contributed by atoms with Gasteiger partial charge in [0.1, 0.15) is 30.4 Å². The molecule has 0 aromatic carbocycles. The first-order valence-corrected chi connectivity index (χ1v) is 20.2. The number of nitrogens with one attached hydrogen (secondary N) is 4. The van der Waals surface area contributed by atoms with Crippen LogP contribution in [0.3, 0.4) is 0 Å². The Bertz CT molecular complexity index is 1310. The van der Waals surface area contributed by atoms with Gasteiger partial charge in [0.2, 0.25) is 23.6 Å². The molecule has 0 bridgehead atoms. The number of carbonyl (C=O) groups excluding carboxylic acids is 4. The molecule has 0 saturated carbocycles. The minimum atomic E-state index is -1.59. The average Bonchev–Trinajstić information content (AvgIpc) is 3.14. The summed E-state index contributed by atoms with van der Waals surface area (Å²) in [4.78, 5) is 105. The monoisotopic (exact) mass is 831 g/mol. The van der Waals surface area contributed by atoms with Crippen LogP contribution in [0.15, 0.2) is 0 Å². The number of primary amides is 1. The molecule has 0 aliphatic rings. The summed E-state index contributed by atoms with van der Waals surface area (Å²) in [5.41, 5.74) is 5.01. The van der Waals surface area contributed by atoms with Crippen LogP contribution in [0.2, 0.25) is 0 Å². The highest BCUT2D eigenvalue weighted by atomic mass is 16.4. The fraction of sp³-hybridized carbons (Fsp3) is 0.763. The van der Waals surface area contributed by atoms with E-state index in [0.717, 1.165) is 64.2 Å². The number of unbranched alkanes of at least 4 members (excludes halogenated alkanes) is 13. The Kier molecular flexibility index (Phi) is 29.5. The minimum Gasteiger partial charge on any atom is -0.481 e. The molecule has 0 aliphatic carbocycles. The standard InChI is InChI=1S/C38H65N5O15/c39-29(44)21-17-25(35(51)52)41-31(46)23-19-27(37(55)56)43-33(48)24-20-28(38(57)58)42-32(47)22-18-26(36(53)54)40-30(45)15-13-11-9-7-5-3-1-2-4-6-8-10-12-14-16-34(49)50/h25-28,31,41,46H,1-24H2,(H2,39,44)(H,40,45)(H,42,47)(H,43,48)(H,49,50)(H,51,52)(H,53,54)(H,55,56)(H,57,58). The van der Waals surface area contributed by atoms with Crippen molar-refractivity contribution in [2.45, 2.75) is 184 Å². The number of aliphatic hydroxyl groups excluding tert-OH is 1. The summed E-state index contributed by atoms with van der Waals surface area (Å²) in [6.45, 7) is 0. The van der Waals surface area contributed by atoms with Gasteiger partial charge in [0.15, 0.2) is 0 Å². The van der Waals surface area contributed by atoms with Crippen molar-refractivity contribution >= 4 is 53.5 Å². The van der Waals surface area contributed by atoms with Crippen molar-refractivity contribution in [2.75, 3.05) is 0 Å². The molecular formula is C38H65N5O15. The van der Waals surface area contributed by atoms with Gasteiger partial charge in [0.05, 0.1) is 0 Å². The first kappa shape index (κ1) is 53.1. The molecule has 0 aliphatic heterocycles. The average molecular weight is 832 g/mol. The van der Waals surface area contributed by atoms with Gasteiger partial charge in [0, 0.05) is 32.1 Å². The SMILES string of the molecule is NC(=O)CCC(NC(O)CCC(NC(=O)CCC(NC(=O)CCC(NC(=O)CCCCCCCCCCCCCCCCC(=O)O)C(=O)O)C(=O)O)C(=O)O)C(=O)O. The van der Waals surface area contributed by atoms with Gasteiger partial charge in [-0.1, -0.05) is 77.0 Å². The maximum Gasteiger partial charge on any atom is 0.326 e. The van der Waals surface area contributed by atoms with E-state index >= 15 is 0 Å². The van der Waals surface area contributed by atoms with Crippen LogP contribution in [0.5, 0.6) is 0 Å². The lowest BCUT2D eigenvalue weighted by Gasteiger charge is -2.21. The number of rotatable bonds is 38. The quantitative estimate of drug-likeness (QED) is 0.0313. The molecule has 0 aromatic heterocycles. The second kappa shape index (κ2) is 32.1. The number of carbonyl (C=O) groups is 9. The largest absolute Gasteiger partial charge is 0.481 e. The van der Waals surface area contributed by atoms with Gasteiger partial charge >= 0.3 is 29.8 Å². The molecule has 12 N–H and O–H groups in total. The Morgan fingerprint density at radius 2 is 0.690 bits per heavy atom. The Morgan fingerprint density at radius 3 is 1.03 bits per heavy atom. The molecule has 0 radical (unpaired) electrons. The molecule has 0 aromatic rings. The smallest absolute Gasteiger partial charge is 0.326 e. The lowest BCUT2D eigenvalue weighted by atomic mass is 10.0. The third-order valence-corrected chi connectivity index (χ3v) is 9.36. The fourth-order valence-electron chi connectivity index (χ4n) is 6.01. The molecule has 332 valence electrons. The number of aliphatic hydroxyl groups is 1. The maximum atomic E-state index is 12.5. The molecule has 0 fully saturated rings. The molecule has 5 unspecified atom stereocenters. The maximum absolute atomic E-state index is 12.5. The van der Waals surface area contributed by atoms with Crippen LogP contribution >= 0.6 is 0 Å². The zero-order valence-electron chi connectivity index (χ0n) is 33.3. The van der Waals surface area contributed by atoms with Crippen LogP contribution in [0, 0.1) is 0 Å². The van der Waals surface area contributed by atoms with Crippen LogP contribution in [0.25, 0.3) is 0 Å².